The normalized spacial score (nSPS) is 13.3. The highest BCUT2D eigenvalue weighted by Gasteiger charge is 2.20. The average Bonchev–Trinajstić information content (AvgIpc) is 2.93. The zero-order chi connectivity index (χ0) is 25.8. The number of benzene rings is 3. The second kappa shape index (κ2) is 10.6. The van der Waals surface area contributed by atoms with Crippen LogP contribution in [0.15, 0.2) is 83.8 Å². The number of carbonyl (C=O) groups is 1. The van der Waals surface area contributed by atoms with Gasteiger partial charge in [-0.2, -0.15) is 9.78 Å². The maximum atomic E-state index is 13.5. The molecule has 0 unspecified atom stereocenters. The third-order valence-corrected chi connectivity index (χ3v) is 5.73. The first-order valence-electron chi connectivity index (χ1n) is 11.5. The van der Waals surface area contributed by atoms with Gasteiger partial charge in [-0.05, 0) is 66.7 Å². The van der Waals surface area contributed by atoms with Crippen molar-refractivity contribution in [1.82, 2.24) is 14.7 Å². The fourth-order valence-corrected chi connectivity index (χ4v) is 3.85. The molecule has 1 saturated heterocycles. The van der Waals surface area contributed by atoms with E-state index in [4.69, 9.17) is 9.47 Å². The van der Waals surface area contributed by atoms with Crippen LogP contribution >= 0.6 is 0 Å². The Kier molecular flexibility index (Phi) is 6.91. The quantitative estimate of drug-likeness (QED) is 0.416. The Balaban J connectivity index is 1.51. The summed E-state index contributed by atoms with van der Waals surface area (Å²) in [4.78, 5) is 28.2. The van der Waals surface area contributed by atoms with E-state index in [2.05, 4.69) is 10.4 Å². The zero-order valence-corrected chi connectivity index (χ0v) is 19.6. The molecule has 1 aliphatic rings. The van der Waals surface area contributed by atoms with Crippen molar-refractivity contribution in [3.05, 3.63) is 107 Å². The molecule has 37 heavy (non-hydrogen) atoms. The van der Waals surface area contributed by atoms with Gasteiger partial charge in [0.15, 0.2) is 11.4 Å². The number of morpholine rings is 1. The van der Waals surface area contributed by atoms with E-state index < -0.39 is 17.2 Å². The standard InChI is InChI=1S/C27H22F2N4O4/c28-19-4-8-22(9-5-19)33-27(35)25(24(17-30-33)37-23-10-6-20(29)7-11-23)31-21-3-1-2-18(16-21)26(34)32-12-14-36-15-13-32/h1-11,16-17,31H,12-15H2. The molecule has 1 aliphatic heterocycles. The van der Waals surface area contributed by atoms with Crippen molar-refractivity contribution in [3.63, 3.8) is 0 Å². The molecule has 1 N–H and O–H groups in total. The van der Waals surface area contributed by atoms with Crippen LogP contribution in [-0.4, -0.2) is 46.9 Å². The van der Waals surface area contributed by atoms with Crippen LogP contribution in [0.3, 0.4) is 0 Å². The van der Waals surface area contributed by atoms with Gasteiger partial charge in [-0.15, -0.1) is 0 Å². The Labute approximate surface area is 210 Å². The Morgan fingerprint density at radius 1 is 0.946 bits per heavy atom. The van der Waals surface area contributed by atoms with Gasteiger partial charge >= 0.3 is 0 Å². The first kappa shape index (κ1) is 24.1. The van der Waals surface area contributed by atoms with Crippen LogP contribution in [-0.2, 0) is 4.74 Å². The molecular weight excluding hydrogens is 482 g/mol. The van der Waals surface area contributed by atoms with E-state index in [9.17, 15) is 18.4 Å². The lowest BCUT2D eigenvalue weighted by Crippen LogP contribution is -2.40. The number of rotatable bonds is 6. The molecule has 3 aromatic carbocycles. The molecule has 0 aliphatic carbocycles. The number of hydrogen-bond acceptors (Lipinski definition) is 6. The second-order valence-corrected chi connectivity index (χ2v) is 8.24. The van der Waals surface area contributed by atoms with Crippen molar-refractivity contribution in [2.24, 2.45) is 0 Å². The maximum absolute atomic E-state index is 13.5. The number of ether oxygens (including phenoxy) is 2. The minimum absolute atomic E-state index is 0.0274. The fraction of sp³-hybridized carbons (Fsp3) is 0.148. The van der Waals surface area contributed by atoms with Crippen LogP contribution in [0.25, 0.3) is 5.69 Å². The number of halogens is 2. The molecule has 8 nitrogen and oxygen atoms in total. The predicted octanol–water partition coefficient (Wildman–Crippen LogP) is 4.52. The van der Waals surface area contributed by atoms with Crippen molar-refractivity contribution < 1.29 is 23.0 Å². The SMILES string of the molecule is O=C(c1cccc(Nc2c(Oc3ccc(F)cc3)cnn(-c3ccc(F)cc3)c2=O)c1)N1CCOCC1. The molecule has 0 saturated carbocycles. The van der Waals surface area contributed by atoms with Gasteiger partial charge < -0.3 is 19.7 Å². The van der Waals surface area contributed by atoms with Gasteiger partial charge in [0.2, 0.25) is 0 Å². The number of anilines is 2. The number of nitrogens with one attached hydrogen (secondary N) is 1. The van der Waals surface area contributed by atoms with Gasteiger partial charge in [0, 0.05) is 24.3 Å². The summed E-state index contributed by atoms with van der Waals surface area (Å²) in [5.41, 5.74) is 0.715. The van der Waals surface area contributed by atoms with Crippen LogP contribution in [0.5, 0.6) is 11.5 Å². The van der Waals surface area contributed by atoms with Crippen LogP contribution in [0.1, 0.15) is 10.4 Å². The lowest BCUT2D eigenvalue weighted by Gasteiger charge is -2.27. The summed E-state index contributed by atoms with van der Waals surface area (Å²) in [5.74, 6) is -0.653. The van der Waals surface area contributed by atoms with E-state index >= 15 is 0 Å². The number of amides is 1. The van der Waals surface area contributed by atoms with E-state index in [-0.39, 0.29) is 17.3 Å². The summed E-state index contributed by atoms with van der Waals surface area (Å²) in [5, 5.41) is 7.22. The molecule has 188 valence electrons. The second-order valence-electron chi connectivity index (χ2n) is 8.24. The summed E-state index contributed by atoms with van der Waals surface area (Å²) in [6.45, 7) is 1.96. The van der Waals surface area contributed by atoms with E-state index in [1.54, 1.807) is 29.2 Å². The average molecular weight is 504 g/mol. The van der Waals surface area contributed by atoms with Crippen molar-refractivity contribution in [2.45, 2.75) is 0 Å². The lowest BCUT2D eigenvalue weighted by atomic mass is 10.1. The molecule has 5 rings (SSSR count). The summed E-state index contributed by atoms with van der Waals surface area (Å²) >= 11 is 0. The number of hydrogen-bond donors (Lipinski definition) is 1. The zero-order valence-electron chi connectivity index (χ0n) is 19.6. The van der Waals surface area contributed by atoms with Gasteiger partial charge in [0.25, 0.3) is 11.5 Å². The largest absolute Gasteiger partial charge is 0.453 e. The highest BCUT2D eigenvalue weighted by Crippen LogP contribution is 2.29. The first-order chi connectivity index (χ1) is 18.0. The molecule has 4 aromatic rings. The van der Waals surface area contributed by atoms with Crippen LogP contribution in [0.4, 0.5) is 20.2 Å². The minimum atomic E-state index is -0.573. The van der Waals surface area contributed by atoms with Gasteiger partial charge in [-0.25, -0.2) is 8.78 Å². The van der Waals surface area contributed by atoms with Crippen molar-refractivity contribution >= 4 is 17.3 Å². The monoisotopic (exact) mass is 504 g/mol. The van der Waals surface area contributed by atoms with Crippen molar-refractivity contribution in [1.29, 1.82) is 0 Å². The highest BCUT2D eigenvalue weighted by molar-refractivity contribution is 5.95. The Morgan fingerprint density at radius 3 is 2.32 bits per heavy atom. The Hall–Kier alpha value is -4.57. The van der Waals surface area contributed by atoms with Crippen LogP contribution < -0.4 is 15.6 Å². The van der Waals surface area contributed by atoms with E-state index in [1.807, 2.05) is 0 Å². The highest BCUT2D eigenvalue weighted by atomic mass is 19.1. The molecule has 1 fully saturated rings. The van der Waals surface area contributed by atoms with Gasteiger partial charge in [0.1, 0.15) is 17.4 Å². The van der Waals surface area contributed by atoms with Crippen LogP contribution in [0, 0.1) is 11.6 Å². The van der Waals surface area contributed by atoms with Gasteiger partial charge in [0.05, 0.1) is 25.1 Å². The topological polar surface area (TPSA) is 85.7 Å². The molecule has 1 aromatic heterocycles. The van der Waals surface area contributed by atoms with E-state index in [0.29, 0.717) is 49.0 Å². The molecule has 0 spiro atoms. The summed E-state index contributed by atoms with van der Waals surface area (Å²) < 4.78 is 39.1. The van der Waals surface area contributed by atoms with Gasteiger partial charge in [-0.1, -0.05) is 6.07 Å². The summed E-state index contributed by atoms with van der Waals surface area (Å²) in [6.07, 6.45) is 1.33. The Morgan fingerprint density at radius 2 is 1.62 bits per heavy atom. The third kappa shape index (κ3) is 5.49. The van der Waals surface area contributed by atoms with Gasteiger partial charge in [-0.3, -0.25) is 9.59 Å². The smallest absolute Gasteiger partial charge is 0.299 e. The molecular formula is C27H22F2N4O4. The molecule has 10 heteroatoms. The fourth-order valence-electron chi connectivity index (χ4n) is 3.85. The number of carbonyl (C=O) groups excluding carboxylic acids is 1. The summed E-state index contributed by atoms with van der Waals surface area (Å²) in [6, 6.07) is 17.4. The number of nitrogens with zero attached hydrogens (tertiary/aromatic N) is 3. The first-order valence-corrected chi connectivity index (χ1v) is 11.5. The maximum Gasteiger partial charge on any atom is 0.299 e. The minimum Gasteiger partial charge on any atom is -0.453 e. The molecule has 0 bridgehead atoms. The molecule has 0 radical (unpaired) electrons. The molecule has 1 amide bonds. The Bertz CT molecular complexity index is 1470. The predicted molar refractivity (Wildman–Crippen MR) is 133 cm³/mol. The van der Waals surface area contributed by atoms with Crippen LogP contribution in [0.2, 0.25) is 0 Å². The van der Waals surface area contributed by atoms with E-state index in [1.165, 1.54) is 54.7 Å². The molecule has 0 atom stereocenters. The molecule has 2 heterocycles. The number of aromatic nitrogens is 2. The third-order valence-electron chi connectivity index (χ3n) is 5.73. The summed E-state index contributed by atoms with van der Waals surface area (Å²) in [7, 11) is 0. The lowest BCUT2D eigenvalue weighted by molar-refractivity contribution is 0.0303. The van der Waals surface area contributed by atoms with Crippen molar-refractivity contribution in [2.75, 3.05) is 31.6 Å². The van der Waals surface area contributed by atoms with E-state index in [0.717, 1.165) is 4.68 Å². The van der Waals surface area contributed by atoms with Crippen molar-refractivity contribution in [3.8, 4) is 17.2 Å².